The first kappa shape index (κ1) is 12.5. The van der Waals surface area contributed by atoms with Crippen LogP contribution in [0.15, 0.2) is 23.5 Å². The number of carbonyl (C=O) groups excluding carboxylic acids is 2. The minimum atomic E-state index is -0.968. The molecule has 3 aliphatic carbocycles. The number of ether oxygens (including phenoxy) is 2. The molecule has 2 fully saturated rings. The minimum absolute atomic E-state index is 0.0106. The average molecular weight is 262 g/mol. The minimum Gasteiger partial charge on any atom is -0.501 e. The number of carbonyl (C=O) groups is 2. The quantitative estimate of drug-likeness (QED) is 0.576. The van der Waals surface area contributed by atoms with Crippen molar-refractivity contribution < 1.29 is 19.1 Å². The molecule has 4 atom stereocenters. The monoisotopic (exact) mass is 262 g/mol. The van der Waals surface area contributed by atoms with Gasteiger partial charge in [-0.2, -0.15) is 0 Å². The number of rotatable bonds is 3. The highest BCUT2D eigenvalue weighted by molar-refractivity contribution is 6.00. The summed E-state index contributed by atoms with van der Waals surface area (Å²) in [6.45, 7) is 3.96. The third-order valence-corrected chi connectivity index (χ3v) is 4.52. The highest BCUT2D eigenvalue weighted by Crippen LogP contribution is 2.55. The van der Waals surface area contributed by atoms with Gasteiger partial charge < -0.3 is 9.47 Å². The van der Waals surface area contributed by atoms with E-state index in [1.165, 1.54) is 0 Å². The van der Waals surface area contributed by atoms with Gasteiger partial charge in [-0.3, -0.25) is 9.59 Å². The largest absolute Gasteiger partial charge is 0.501 e. The normalized spacial score (nSPS) is 38.9. The Morgan fingerprint density at radius 1 is 1.53 bits per heavy atom. The van der Waals surface area contributed by atoms with E-state index in [4.69, 9.17) is 9.47 Å². The molecule has 1 aliphatic heterocycles. The van der Waals surface area contributed by atoms with Crippen LogP contribution in [0.2, 0.25) is 0 Å². The molecule has 1 heterocycles. The molecule has 4 nitrogen and oxygen atoms in total. The van der Waals surface area contributed by atoms with Gasteiger partial charge >= 0.3 is 5.97 Å². The Hall–Kier alpha value is -1.58. The van der Waals surface area contributed by atoms with Crippen LogP contribution < -0.4 is 0 Å². The zero-order valence-electron chi connectivity index (χ0n) is 11.4. The molecule has 1 saturated carbocycles. The molecule has 0 spiro atoms. The molecule has 0 aromatic rings. The van der Waals surface area contributed by atoms with E-state index in [1.54, 1.807) is 7.11 Å². The molecule has 19 heavy (non-hydrogen) atoms. The van der Waals surface area contributed by atoms with Crippen molar-refractivity contribution in [1.29, 1.82) is 0 Å². The summed E-state index contributed by atoms with van der Waals surface area (Å²) in [6.07, 6.45) is 4.93. The van der Waals surface area contributed by atoms with Crippen LogP contribution in [0.3, 0.4) is 0 Å². The van der Waals surface area contributed by atoms with E-state index in [1.807, 2.05) is 26.0 Å². The van der Waals surface area contributed by atoms with Crippen LogP contribution in [0, 0.1) is 17.8 Å². The molecule has 0 aromatic heterocycles. The van der Waals surface area contributed by atoms with E-state index in [-0.39, 0.29) is 29.5 Å². The second kappa shape index (κ2) is 3.95. The smallest absolute Gasteiger partial charge is 0.310 e. The zero-order valence-corrected chi connectivity index (χ0v) is 11.4. The van der Waals surface area contributed by atoms with Crippen molar-refractivity contribution >= 4 is 11.8 Å². The Balaban J connectivity index is 2.05. The third-order valence-electron chi connectivity index (χ3n) is 4.52. The molecule has 0 aromatic carbocycles. The van der Waals surface area contributed by atoms with Crippen molar-refractivity contribution in [3.63, 3.8) is 0 Å². The molecule has 0 amide bonds. The highest BCUT2D eigenvalue weighted by atomic mass is 16.6. The lowest BCUT2D eigenvalue weighted by Crippen LogP contribution is -2.54. The third kappa shape index (κ3) is 1.52. The molecule has 4 bridgehead atoms. The van der Waals surface area contributed by atoms with Crippen LogP contribution in [0.4, 0.5) is 0 Å². The van der Waals surface area contributed by atoms with Gasteiger partial charge in [0, 0.05) is 12.3 Å². The molecule has 1 unspecified atom stereocenters. The van der Waals surface area contributed by atoms with Crippen molar-refractivity contribution in [3.8, 4) is 0 Å². The fraction of sp³-hybridized carbons (Fsp3) is 0.600. The molecule has 4 aliphatic rings. The number of hydrogen-bond donors (Lipinski definition) is 0. The first-order valence-electron chi connectivity index (χ1n) is 6.66. The zero-order chi connectivity index (χ0) is 13.8. The molecule has 1 saturated heterocycles. The summed E-state index contributed by atoms with van der Waals surface area (Å²) in [5.41, 5.74) is 0.156. The summed E-state index contributed by atoms with van der Waals surface area (Å²) >= 11 is 0. The van der Waals surface area contributed by atoms with Crippen LogP contribution in [-0.2, 0) is 19.1 Å². The molecular formula is C15H18O4. The summed E-state index contributed by atoms with van der Waals surface area (Å²) in [6, 6.07) is 0. The van der Waals surface area contributed by atoms with Gasteiger partial charge in [0.25, 0.3) is 0 Å². The average Bonchev–Trinajstić information content (AvgIpc) is 2.62. The number of esters is 1. The van der Waals surface area contributed by atoms with Crippen molar-refractivity contribution in [2.75, 3.05) is 7.11 Å². The SMILES string of the molecule is COC1=C[C@H]2[C@H]3C[C@@H]1C(=O)C2(CC=C(C)C)OC3=O. The Bertz CT molecular complexity index is 512. The van der Waals surface area contributed by atoms with E-state index < -0.39 is 5.60 Å². The highest BCUT2D eigenvalue weighted by Gasteiger charge is 2.67. The Kier molecular flexibility index (Phi) is 2.59. The van der Waals surface area contributed by atoms with Crippen LogP contribution in [-0.4, -0.2) is 24.5 Å². The maximum Gasteiger partial charge on any atom is 0.310 e. The summed E-state index contributed by atoms with van der Waals surface area (Å²) < 4.78 is 10.8. The van der Waals surface area contributed by atoms with E-state index >= 15 is 0 Å². The van der Waals surface area contributed by atoms with Gasteiger partial charge in [0.1, 0.15) is 5.76 Å². The van der Waals surface area contributed by atoms with Crippen molar-refractivity contribution in [3.05, 3.63) is 23.5 Å². The fourth-order valence-electron chi connectivity index (χ4n) is 3.54. The Morgan fingerprint density at radius 3 is 2.89 bits per heavy atom. The maximum atomic E-state index is 12.7. The van der Waals surface area contributed by atoms with Gasteiger partial charge in [0.2, 0.25) is 0 Å². The number of hydrogen-bond acceptors (Lipinski definition) is 4. The van der Waals surface area contributed by atoms with Crippen molar-refractivity contribution in [1.82, 2.24) is 0 Å². The topological polar surface area (TPSA) is 52.6 Å². The predicted octanol–water partition coefficient (Wildman–Crippen LogP) is 2.00. The Morgan fingerprint density at radius 2 is 2.26 bits per heavy atom. The lowest BCUT2D eigenvalue weighted by molar-refractivity contribution is -0.160. The molecule has 4 heteroatoms. The standard InChI is InChI=1S/C15H18O4/c1-8(2)4-5-15-11-7-12(18-3)10(13(15)16)6-9(11)14(17)19-15/h4,7,9-11H,5-6H2,1-3H3/t9-,10+,11+,15?/m1/s1. The lowest BCUT2D eigenvalue weighted by Gasteiger charge is -2.42. The number of Topliss-reactive ketones (excluding diaryl/α,β-unsaturated/α-hetero) is 1. The number of methoxy groups -OCH3 is 1. The van der Waals surface area contributed by atoms with E-state index in [0.29, 0.717) is 18.6 Å². The Labute approximate surface area is 112 Å². The van der Waals surface area contributed by atoms with Gasteiger partial charge in [0.15, 0.2) is 11.4 Å². The molecule has 4 rings (SSSR count). The van der Waals surface area contributed by atoms with Gasteiger partial charge in [-0.25, -0.2) is 0 Å². The summed E-state index contributed by atoms with van der Waals surface area (Å²) in [5, 5.41) is 0. The van der Waals surface area contributed by atoms with Crippen LogP contribution in [0.5, 0.6) is 0 Å². The molecule has 0 radical (unpaired) electrons. The summed E-state index contributed by atoms with van der Waals surface area (Å²) in [4.78, 5) is 24.6. The predicted molar refractivity (Wildman–Crippen MR) is 68.1 cm³/mol. The summed E-state index contributed by atoms with van der Waals surface area (Å²) in [5.74, 6) is -0.157. The maximum absolute atomic E-state index is 12.7. The van der Waals surface area contributed by atoms with Gasteiger partial charge in [-0.1, -0.05) is 11.6 Å². The number of ketones is 1. The molecule has 0 N–H and O–H groups in total. The van der Waals surface area contributed by atoms with E-state index in [9.17, 15) is 9.59 Å². The lowest BCUT2D eigenvalue weighted by atomic mass is 9.60. The molecule has 102 valence electrons. The number of allylic oxidation sites excluding steroid dienone is 2. The van der Waals surface area contributed by atoms with Crippen molar-refractivity contribution in [2.45, 2.75) is 32.3 Å². The molecular weight excluding hydrogens is 244 g/mol. The second-order valence-electron chi connectivity index (χ2n) is 5.85. The fourth-order valence-corrected chi connectivity index (χ4v) is 3.54. The van der Waals surface area contributed by atoms with E-state index in [2.05, 4.69) is 0 Å². The van der Waals surface area contributed by atoms with Crippen molar-refractivity contribution in [2.24, 2.45) is 17.8 Å². The first-order chi connectivity index (χ1) is 8.99. The van der Waals surface area contributed by atoms with Gasteiger partial charge in [0.05, 0.1) is 18.9 Å². The van der Waals surface area contributed by atoms with E-state index in [0.717, 1.165) is 5.57 Å². The summed E-state index contributed by atoms with van der Waals surface area (Å²) in [7, 11) is 1.58. The van der Waals surface area contributed by atoms with Crippen LogP contribution in [0.25, 0.3) is 0 Å². The second-order valence-corrected chi connectivity index (χ2v) is 5.85. The van der Waals surface area contributed by atoms with Crippen LogP contribution >= 0.6 is 0 Å². The first-order valence-corrected chi connectivity index (χ1v) is 6.66. The van der Waals surface area contributed by atoms with Crippen LogP contribution in [0.1, 0.15) is 26.7 Å². The van der Waals surface area contributed by atoms with Gasteiger partial charge in [-0.05, 0) is 26.3 Å². The van der Waals surface area contributed by atoms with Gasteiger partial charge in [-0.15, -0.1) is 0 Å².